The molecular formula is C15H19N3. The van der Waals surface area contributed by atoms with Crippen molar-refractivity contribution in [3.8, 4) is 0 Å². The fourth-order valence-corrected chi connectivity index (χ4v) is 2.86. The Bertz CT molecular complexity index is 456. The van der Waals surface area contributed by atoms with Crippen molar-refractivity contribution >= 4 is 5.69 Å². The van der Waals surface area contributed by atoms with Gasteiger partial charge in [-0.1, -0.05) is 30.3 Å². The molecule has 3 nitrogen and oxygen atoms in total. The summed E-state index contributed by atoms with van der Waals surface area (Å²) in [6.07, 6.45) is 8.81. The van der Waals surface area contributed by atoms with Gasteiger partial charge in [-0.05, 0) is 37.2 Å². The van der Waals surface area contributed by atoms with Crippen LogP contribution in [0.15, 0.2) is 42.7 Å². The van der Waals surface area contributed by atoms with Crippen LogP contribution in [0.2, 0.25) is 0 Å². The fourth-order valence-electron chi connectivity index (χ4n) is 2.86. The molecule has 1 aromatic carbocycles. The predicted molar refractivity (Wildman–Crippen MR) is 73.6 cm³/mol. The molecule has 1 aliphatic carbocycles. The van der Waals surface area contributed by atoms with Crippen LogP contribution in [0, 0.1) is 0 Å². The van der Waals surface area contributed by atoms with Gasteiger partial charge in [0, 0.05) is 12.2 Å². The molecule has 2 N–H and O–H groups in total. The van der Waals surface area contributed by atoms with Crippen LogP contribution in [-0.2, 0) is 0 Å². The maximum Gasteiger partial charge on any atom is 0.0725 e. The molecule has 1 aromatic heterocycles. The maximum atomic E-state index is 3.96. The van der Waals surface area contributed by atoms with Crippen molar-refractivity contribution in [2.75, 3.05) is 5.32 Å². The number of nitrogens with one attached hydrogen (secondary N) is 2. The van der Waals surface area contributed by atoms with Gasteiger partial charge in [0.25, 0.3) is 0 Å². The van der Waals surface area contributed by atoms with Crippen molar-refractivity contribution in [3.63, 3.8) is 0 Å². The Morgan fingerprint density at radius 3 is 2.50 bits per heavy atom. The molecule has 0 unspecified atom stereocenters. The lowest BCUT2D eigenvalue weighted by Crippen LogP contribution is -2.25. The molecule has 1 saturated carbocycles. The van der Waals surface area contributed by atoms with Gasteiger partial charge >= 0.3 is 0 Å². The third kappa shape index (κ3) is 2.55. The Morgan fingerprint density at radius 1 is 1.06 bits per heavy atom. The van der Waals surface area contributed by atoms with Gasteiger partial charge in [0.15, 0.2) is 0 Å². The van der Waals surface area contributed by atoms with Gasteiger partial charge in [0.05, 0.1) is 11.9 Å². The first kappa shape index (κ1) is 11.3. The quantitative estimate of drug-likeness (QED) is 0.862. The lowest BCUT2D eigenvalue weighted by atomic mass is 9.82. The van der Waals surface area contributed by atoms with Crippen LogP contribution in [0.3, 0.4) is 0 Å². The van der Waals surface area contributed by atoms with Gasteiger partial charge in [0.1, 0.15) is 0 Å². The monoisotopic (exact) mass is 241 g/mol. The molecule has 0 amide bonds. The van der Waals surface area contributed by atoms with E-state index in [1.54, 1.807) is 0 Å². The van der Waals surface area contributed by atoms with Gasteiger partial charge in [-0.15, -0.1) is 0 Å². The van der Waals surface area contributed by atoms with Crippen LogP contribution in [0.5, 0.6) is 0 Å². The fraction of sp³-hybridized carbons (Fsp3) is 0.400. The van der Waals surface area contributed by atoms with Crippen LogP contribution < -0.4 is 5.32 Å². The highest BCUT2D eigenvalue weighted by Crippen LogP contribution is 2.33. The number of anilines is 1. The minimum absolute atomic E-state index is 0.600. The summed E-state index contributed by atoms with van der Waals surface area (Å²) in [4.78, 5) is 0. The van der Waals surface area contributed by atoms with Crippen LogP contribution in [0.4, 0.5) is 5.69 Å². The third-order valence-electron chi connectivity index (χ3n) is 3.87. The van der Waals surface area contributed by atoms with E-state index in [1.165, 1.54) is 31.2 Å². The molecule has 1 aliphatic rings. The third-order valence-corrected chi connectivity index (χ3v) is 3.87. The smallest absolute Gasteiger partial charge is 0.0725 e. The van der Waals surface area contributed by atoms with E-state index in [2.05, 4.69) is 45.8 Å². The van der Waals surface area contributed by atoms with Crippen LogP contribution >= 0.6 is 0 Å². The van der Waals surface area contributed by atoms with E-state index < -0.39 is 0 Å². The molecule has 0 aliphatic heterocycles. The Kier molecular flexibility index (Phi) is 3.31. The topological polar surface area (TPSA) is 40.7 Å². The number of benzene rings is 1. The number of rotatable bonds is 3. The molecule has 0 atom stereocenters. The normalized spacial score (nSPS) is 23.8. The minimum atomic E-state index is 0.600. The Morgan fingerprint density at radius 2 is 1.83 bits per heavy atom. The van der Waals surface area contributed by atoms with Crippen molar-refractivity contribution in [2.24, 2.45) is 0 Å². The van der Waals surface area contributed by atoms with Crippen molar-refractivity contribution < 1.29 is 0 Å². The average Bonchev–Trinajstić information content (AvgIpc) is 2.94. The van der Waals surface area contributed by atoms with Crippen LogP contribution in [0.25, 0.3) is 0 Å². The first-order valence-corrected chi connectivity index (χ1v) is 6.72. The standard InChI is InChI=1S/C15H19N3/c1-2-4-12(5-3-1)13-6-8-14(9-7-13)18-15-10-16-17-11-15/h1-5,10-11,13-14,18H,6-9H2,(H,16,17). The zero-order valence-corrected chi connectivity index (χ0v) is 10.5. The first-order valence-electron chi connectivity index (χ1n) is 6.72. The predicted octanol–water partition coefficient (Wildman–Crippen LogP) is 3.55. The second-order valence-corrected chi connectivity index (χ2v) is 5.09. The van der Waals surface area contributed by atoms with Crippen molar-refractivity contribution in [2.45, 2.75) is 37.6 Å². The largest absolute Gasteiger partial charge is 0.380 e. The lowest BCUT2D eigenvalue weighted by Gasteiger charge is -2.29. The molecule has 18 heavy (non-hydrogen) atoms. The summed E-state index contributed by atoms with van der Waals surface area (Å²) >= 11 is 0. The molecule has 0 radical (unpaired) electrons. The molecule has 3 rings (SSSR count). The van der Waals surface area contributed by atoms with Crippen molar-refractivity contribution in [1.82, 2.24) is 10.2 Å². The number of hydrogen-bond acceptors (Lipinski definition) is 2. The minimum Gasteiger partial charge on any atom is -0.380 e. The van der Waals surface area contributed by atoms with Gasteiger partial charge in [0.2, 0.25) is 0 Å². The van der Waals surface area contributed by atoms with Crippen molar-refractivity contribution in [3.05, 3.63) is 48.3 Å². The molecule has 0 spiro atoms. The summed E-state index contributed by atoms with van der Waals surface area (Å²) in [7, 11) is 0. The van der Waals surface area contributed by atoms with E-state index in [-0.39, 0.29) is 0 Å². The van der Waals surface area contributed by atoms with E-state index in [0.717, 1.165) is 11.6 Å². The van der Waals surface area contributed by atoms with Crippen LogP contribution in [-0.4, -0.2) is 16.2 Å². The molecule has 0 saturated heterocycles. The van der Waals surface area contributed by atoms with E-state index >= 15 is 0 Å². The van der Waals surface area contributed by atoms with E-state index in [1.807, 2.05) is 12.4 Å². The summed E-state index contributed by atoms with van der Waals surface area (Å²) < 4.78 is 0. The van der Waals surface area contributed by atoms with E-state index in [0.29, 0.717) is 6.04 Å². The molecule has 0 bridgehead atoms. The molecule has 94 valence electrons. The van der Waals surface area contributed by atoms with Crippen LogP contribution in [0.1, 0.15) is 37.2 Å². The highest BCUT2D eigenvalue weighted by Gasteiger charge is 2.22. The highest BCUT2D eigenvalue weighted by atomic mass is 15.1. The average molecular weight is 241 g/mol. The number of aromatic amines is 1. The molecule has 1 heterocycles. The SMILES string of the molecule is c1ccc(C2CCC(Nc3cn[nH]c3)CC2)cc1. The van der Waals surface area contributed by atoms with Gasteiger partial charge in [-0.3, -0.25) is 5.10 Å². The zero-order chi connectivity index (χ0) is 12.2. The number of aromatic nitrogens is 2. The number of hydrogen-bond donors (Lipinski definition) is 2. The second-order valence-electron chi connectivity index (χ2n) is 5.09. The molecule has 2 aromatic rings. The van der Waals surface area contributed by atoms with Crippen molar-refractivity contribution in [1.29, 1.82) is 0 Å². The molecular weight excluding hydrogens is 222 g/mol. The Hall–Kier alpha value is -1.77. The molecule has 1 fully saturated rings. The van der Waals surface area contributed by atoms with Gasteiger partial charge < -0.3 is 5.32 Å². The highest BCUT2D eigenvalue weighted by molar-refractivity contribution is 5.38. The Balaban J connectivity index is 1.55. The van der Waals surface area contributed by atoms with Gasteiger partial charge in [-0.2, -0.15) is 5.10 Å². The number of nitrogens with zero attached hydrogens (tertiary/aromatic N) is 1. The summed E-state index contributed by atoms with van der Waals surface area (Å²) in [5, 5.41) is 10.3. The molecule has 3 heteroatoms. The van der Waals surface area contributed by atoms with Gasteiger partial charge in [-0.25, -0.2) is 0 Å². The summed E-state index contributed by atoms with van der Waals surface area (Å²) in [6.45, 7) is 0. The maximum absolute atomic E-state index is 3.96. The number of H-pyrrole nitrogens is 1. The summed E-state index contributed by atoms with van der Waals surface area (Å²) in [5.74, 6) is 0.744. The summed E-state index contributed by atoms with van der Waals surface area (Å²) in [5.41, 5.74) is 2.61. The lowest BCUT2D eigenvalue weighted by molar-refractivity contribution is 0.412. The van der Waals surface area contributed by atoms with E-state index in [4.69, 9.17) is 0 Å². The first-order chi connectivity index (χ1) is 8.92. The van der Waals surface area contributed by atoms with E-state index in [9.17, 15) is 0 Å². The zero-order valence-electron chi connectivity index (χ0n) is 10.5. The second kappa shape index (κ2) is 5.25. The summed E-state index contributed by atoms with van der Waals surface area (Å²) in [6, 6.07) is 11.5. The Labute approximate surface area is 108 Å².